The number of anilines is 1. The van der Waals surface area contributed by atoms with Crippen molar-refractivity contribution < 1.29 is 19.1 Å². The highest BCUT2D eigenvalue weighted by molar-refractivity contribution is 6.05. The standard InChI is InChI=1S/C24H22N4O4/c1-4-16-8-10-17(11-9-16)28-25-20-13-12-18(15-21(20)26-28)27-14-6-5-7-19(23(29)31-2)22(27)24(30)32-3/h5-15H,4H2,1-3H3. The molecule has 162 valence electrons. The number of carbonyl (C=O) groups is 2. The van der Waals surface area contributed by atoms with Crippen LogP contribution in [-0.4, -0.2) is 41.2 Å². The molecular formula is C24H22N4O4. The van der Waals surface area contributed by atoms with Gasteiger partial charge in [0.25, 0.3) is 0 Å². The smallest absolute Gasteiger partial charge is 0.355 e. The van der Waals surface area contributed by atoms with E-state index in [2.05, 4.69) is 17.1 Å². The molecule has 2 aromatic carbocycles. The number of fused-ring (bicyclic) bond motifs is 1. The molecule has 2 heterocycles. The topological polar surface area (TPSA) is 86.6 Å². The number of allylic oxidation sites excluding steroid dienone is 2. The van der Waals surface area contributed by atoms with Crippen LogP contribution in [0.2, 0.25) is 0 Å². The summed E-state index contributed by atoms with van der Waals surface area (Å²) in [5, 5.41) is 9.14. The average Bonchev–Trinajstić information content (AvgIpc) is 3.14. The molecule has 4 rings (SSSR count). The van der Waals surface area contributed by atoms with Gasteiger partial charge in [0.05, 0.1) is 25.5 Å². The summed E-state index contributed by atoms with van der Waals surface area (Å²) in [6, 6.07) is 13.5. The summed E-state index contributed by atoms with van der Waals surface area (Å²) in [5.74, 6) is -1.31. The maximum absolute atomic E-state index is 12.6. The summed E-state index contributed by atoms with van der Waals surface area (Å²) in [7, 11) is 2.53. The summed E-state index contributed by atoms with van der Waals surface area (Å²) in [5.41, 5.74) is 4.17. The van der Waals surface area contributed by atoms with Gasteiger partial charge in [-0.2, -0.15) is 4.80 Å². The van der Waals surface area contributed by atoms with Gasteiger partial charge in [0.15, 0.2) is 0 Å². The van der Waals surface area contributed by atoms with Crippen molar-refractivity contribution in [2.24, 2.45) is 0 Å². The first kappa shape index (κ1) is 21.0. The molecule has 0 radical (unpaired) electrons. The molecule has 8 nitrogen and oxygen atoms in total. The third kappa shape index (κ3) is 3.90. The first-order valence-corrected chi connectivity index (χ1v) is 10.1. The van der Waals surface area contributed by atoms with Crippen LogP contribution in [0.4, 0.5) is 5.69 Å². The Kier molecular flexibility index (Phi) is 5.85. The van der Waals surface area contributed by atoms with E-state index in [0.717, 1.165) is 12.1 Å². The number of esters is 2. The Morgan fingerprint density at radius 3 is 2.25 bits per heavy atom. The molecule has 1 aliphatic heterocycles. The lowest BCUT2D eigenvalue weighted by Gasteiger charge is -2.22. The van der Waals surface area contributed by atoms with Crippen LogP contribution in [0.25, 0.3) is 16.7 Å². The molecule has 0 unspecified atom stereocenters. The van der Waals surface area contributed by atoms with Gasteiger partial charge < -0.3 is 14.4 Å². The first-order chi connectivity index (χ1) is 15.5. The van der Waals surface area contributed by atoms with Gasteiger partial charge in [-0.1, -0.05) is 25.1 Å². The highest BCUT2D eigenvalue weighted by Gasteiger charge is 2.27. The van der Waals surface area contributed by atoms with Gasteiger partial charge >= 0.3 is 11.9 Å². The Morgan fingerprint density at radius 2 is 1.56 bits per heavy atom. The third-order valence-electron chi connectivity index (χ3n) is 5.11. The maximum atomic E-state index is 12.6. The van der Waals surface area contributed by atoms with E-state index < -0.39 is 11.9 Å². The van der Waals surface area contributed by atoms with Crippen LogP contribution in [-0.2, 0) is 25.5 Å². The molecule has 0 bridgehead atoms. The summed E-state index contributed by atoms with van der Waals surface area (Å²) in [6.07, 6.45) is 7.52. The Hall–Kier alpha value is -4.20. The fraction of sp³-hybridized carbons (Fsp3) is 0.167. The van der Waals surface area contributed by atoms with Crippen molar-refractivity contribution in [2.45, 2.75) is 13.3 Å². The molecule has 0 atom stereocenters. The van der Waals surface area contributed by atoms with E-state index >= 15 is 0 Å². The molecule has 1 aliphatic rings. The van der Waals surface area contributed by atoms with E-state index in [9.17, 15) is 9.59 Å². The highest BCUT2D eigenvalue weighted by atomic mass is 16.5. The Labute approximate surface area is 185 Å². The summed E-state index contributed by atoms with van der Waals surface area (Å²) < 4.78 is 9.80. The van der Waals surface area contributed by atoms with Crippen molar-refractivity contribution in [3.8, 4) is 5.69 Å². The monoisotopic (exact) mass is 430 g/mol. The molecule has 32 heavy (non-hydrogen) atoms. The lowest BCUT2D eigenvalue weighted by Crippen LogP contribution is -2.26. The number of methoxy groups -OCH3 is 2. The Bertz CT molecular complexity index is 1270. The van der Waals surface area contributed by atoms with E-state index in [1.165, 1.54) is 25.9 Å². The molecule has 0 saturated carbocycles. The molecule has 0 spiro atoms. The quantitative estimate of drug-likeness (QED) is 0.573. The largest absolute Gasteiger partial charge is 0.465 e. The SMILES string of the molecule is CCc1ccc(-n2nc3ccc(N4C=CC=CC(C(=O)OC)=C4C(=O)OC)cc3n2)cc1. The number of hydrogen-bond acceptors (Lipinski definition) is 7. The molecule has 3 aromatic rings. The minimum atomic E-state index is -0.665. The van der Waals surface area contributed by atoms with E-state index in [4.69, 9.17) is 9.47 Å². The van der Waals surface area contributed by atoms with Gasteiger partial charge in [0.1, 0.15) is 16.7 Å². The lowest BCUT2D eigenvalue weighted by molar-refractivity contribution is -0.139. The Balaban J connectivity index is 1.78. The summed E-state index contributed by atoms with van der Waals surface area (Å²) in [4.78, 5) is 28.1. The van der Waals surface area contributed by atoms with E-state index in [0.29, 0.717) is 16.7 Å². The molecule has 0 amide bonds. The van der Waals surface area contributed by atoms with Crippen molar-refractivity contribution in [2.75, 3.05) is 19.1 Å². The number of hydrogen-bond donors (Lipinski definition) is 0. The Morgan fingerprint density at radius 1 is 0.875 bits per heavy atom. The molecule has 0 fully saturated rings. The van der Waals surface area contributed by atoms with Gasteiger partial charge in [-0.25, -0.2) is 9.59 Å². The average molecular weight is 430 g/mol. The fourth-order valence-corrected chi connectivity index (χ4v) is 3.40. The van der Waals surface area contributed by atoms with Crippen molar-refractivity contribution >= 4 is 28.7 Å². The molecule has 8 heteroatoms. The number of nitrogens with zero attached hydrogens (tertiary/aromatic N) is 4. The van der Waals surface area contributed by atoms with Gasteiger partial charge in [0, 0.05) is 11.9 Å². The zero-order valence-corrected chi connectivity index (χ0v) is 18.0. The number of rotatable bonds is 5. The summed E-state index contributed by atoms with van der Waals surface area (Å²) >= 11 is 0. The van der Waals surface area contributed by atoms with Gasteiger partial charge in [0.2, 0.25) is 0 Å². The number of ether oxygens (including phenoxy) is 2. The number of carbonyl (C=O) groups excluding carboxylic acids is 2. The molecule has 1 aromatic heterocycles. The van der Waals surface area contributed by atoms with Crippen LogP contribution < -0.4 is 4.90 Å². The normalized spacial score (nSPS) is 13.4. The molecular weight excluding hydrogens is 408 g/mol. The number of aromatic nitrogens is 3. The van der Waals surface area contributed by atoms with Crippen molar-refractivity contribution in [1.82, 2.24) is 15.0 Å². The second kappa shape index (κ2) is 8.89. The van der Waals surface area contributed by atoms with Crippen molar-refractivity contribution in [1.29, 1.82) is 0 Å². The third-order valence-corrected chi connectivity index (χ3v) is 5.11. The zero-order chi connectivity index (χ0) is 22.7. The minimum Gasteiger partial charge on any atom is -0.465 e. The highest BCUT2D eigenvalue weighted by Crippen LogP contribution is 2.28. The van der Waals surface area contributed by atoms with Gasteiger partial charge in [-0.05, 0) is 54.5 Å². The van der Waals surface area contributed by atoms with E-state index in [1.807, 2.05) is 30.3 Å². The predicted octanol–water partition coefficient (Wildman–Crippen LogP) is 3.47. The number of benzene rings is 2. The molecule has 0 saturated heterocycles. The van der Waals surface area contributed by atoms with Gasteiger partial charge in [-0.3, -0.25) is 0 Å². The van der Waals surface area contributed by atoms with Crippen LogP contribution in [0.1, 0.15) is 12.5 Å². The second-order valence-corrected chi connectivity index (χ2v) is 7.00. The predicted molar refractivity (Wildman–Crippen MR) is 120 cm³/mol. The fourth-order valence-electron chi connectivity index (χ4n) is 3.40. The zero-order valence-electron chi connectivity index (χ0n) is 18.0. The second-order valence-electron chi connectivity index (χ2n) is 7.00. The molecule has 0 aliphatic carbocycles. The molecule has 0 N–H and O–H groups in total. The van der Waals surface area contributed by atoms with Crippen LogP contribution in [0.3, 0.4) is 0 Å². The van der Waals surface area contributed by atoms with Crippen LogP contribution in [0, 0.1) is 0 Å². The van der Waals surface area contributed by atoms with Crippen LogP contribution in [0.5, 0.6) is 0 Å². The number of aryl methyl sites for hydroxylation is 1. The summed E-state index contributed by atoms with van der Waals surface area (Å²) in [6.45, 7) is 2.10. The van der Waals surface area contributed by atoms with Crippen LogP contribution >= 0.6 is 0 Å². The first-order valence-electron chi connectivity index (χ1n) is 10.1. The van der Waals surface area contributed by atoms with E-state index in [-0.39, 0.29) is 11.3 Å². The minimum absolute atomic E-state index is 0.0475. The van der Waals surface area contributed by atoms with Crippen molar-refractivity contribution in [3.63, 3.8) is 0 Å². The van der Waals surface area contributed by atoms with E-state index in [1.54, 1.807) is 40.2 Å². The van der Waals surface area contributed by atoms with Crippen molar-refractivity contribution in [3.05, 3.63) is 83.7 Å². The maximum Gasteiger partial charge on any atom is 0.355 e. The van der Waals surface area contributed by atoms with Crippen LogP contribution in [0.15, 0.2) is 78.2 Å². The lowest BCUT2D eigenvalue weighted by atomic mass is 10.1. The van der Waals surface area contributed by atoms with Gasteiger partial charge in [-0.15, -0.1) is 10.2 Å².